The third-order valence-corrected chi connectivity index (χ3v) is 3.66. The van der Waals surface area contributed by atoms with Crippen molar-refractivity contribution in [3.63, 3.8) is 0 Å². The Morgan fingerprint density at radius 1 is 1.04 bits per heavy atom. The van der Waals surface area contributed by atoms with E-state index in [0.717, 1.165) is 43.6 Å². The number of carboxylic acids is 1. The van der Waals surface area contributed by atoms with Gasteiger partial charge in [0.2, 0.25) is 11.8 Å². The summed E-state index contributed by atoms with van der Waals surface area (Å²) < 4.78 is 0. The van der Waals surface area contributed by atoms with Crippen LogP contribution >= 0.6 is 0 Å². The van der Waals surface area contributed by atoms with E-state index in [1.165, 1.54) is 6.42 Å². The average Bonchev–Trinajstić information content (AvgIpc) is 2.55. The normalized spacial score (nSPS) is 14.7. The quantitative estimate of drug-likeness (QED) is 0.811. The van der Waals surface area contributed by atoms with Crippen LogP contribution in [-0.2, 0) is 20.8 Å². The molecule has 6 nitrogen and oxygen atoms in total. The van der Waals surface area contributed by atoms with Gasteiger partial charge in [-0.3, -0.25) is 9.59 Å². The number of amides is 2. The van der Waals surface area contributed by atoms with Crippen molar-refractivity contribution in [3.8, 4) is 0 Å². The second-order valence-electron chi connectivity index (χ2n) is 5.48. The minimum absolute atomic E-state index is 0.130. The smallest absolute Gasteiger partial charge is 0.328 e. The summed E-state index contributed by atoms with van der Waals surface area (Å²) in [6.45, 7) is 1.67. The van der Waals surface area contributed by atoms with Gasteiger partial charge in [-0.2, -0.15) is 0 Å². The molecule has 1 heterocycles. The monoisotopic (exact) mass is 316 g/mol. The SMILES string of the molecule is O=C(O)/C=C\C(=O)Nc1ccc(CC(=O)N2CCCCC2)cc1. The molecular weight excluding hydrogens is 296 g/mol. The van der Waals surface area contributed by atoms with E-state index in [1.54, 1.807) is 24.3 Å². The van der Waals surface area contributed by atoms with E-state index in [-0.39, 0.29) is 5.91 Å². The van der Waals surface area contributed by atoms with Crippen LogP contribution in [0.4, 0.5) is 5.69 Å². The summed E-state index contributed by atoms with van der Waals surface area (Å²) in [5.41, 5.74) is 1.44. The molecule has 1 aromatic carbocycles. The van der Waals surface area contributed by atoms with Gasteiger partial charge in [-0.15, -0.1) is 0 Å². The van der Waals surface area contributed by atoms with E-state index in [0.29, 0.717) is 12.1 Å². The van der Waals surface area contributed by atoms with Gasteiger partial charge in [0.1, 0.15) is 0 Å². The Balaban J connectivity index is 1.87. The number of hydrogen-bond acceptors (Lipinski definition) is 3. The second-order valence-corrected chi connectivity index (χ2v) is 5.48. The highest BCUT2D eigenvalue weighted by atomic mass is 16.4. The van der Waals surface area contributed by atoms with Crippen molar-refractivity contribution in [1.29, 1.82) is 0 Å². The summed E-state index contributed by atoms with van der Waals surface area (Å²) in [6, 6.07) is 6.98. The van der Waals surface area contributed by atoms with Crippen LogP contribution in [0.3, 0.4) is 0 Å². The van der Waals surface area contributed by atoms with Crippen molar-refractivity contribution in [2.24, 2.45) is 0 Å². The van der Waals surface area contributed by atoms with Gasteiger partial charge in [-0.25, -0.2) is 4.79 Å². The van der Waals surface area contributed by atoms with Gasteiger partial charge in [0.15, 0.2) is 0 Å². The lowest BCUT2D eigenvalue weighted by Gasteiger charge is -2.26. The molecule has 0 unspecified atom stereocenters. The van der Waals surface area contributed by atoms with Crippen LogP contribution in [0.25, 0.3) is 0 Å². The Morgan fingerprint density at radius 2 is 1.70 bits per heavy atom. The van der Waals surface area contributed by atoms with Gasteiger partial charge in [-0.05, 0) is 37.0 Å². The highest BCUT2D eigenvalue weighted by Gasteiger charge is 2.16. The minimum atomic E-state index is -1.17. The number of benzene rings is 1. The van der Waals surface area contributed by atoms with Crippen LogP contribution in [-0.4, -0.2) is 40.9 Å². The first kappa shape index (κ1) is 16.7. The Kier molecular flexibility index (Phi) is 5.91. The summed E-state index contributed by atoms with van der Waals surface area (Å²) in [5.74, 6) is -1.55. The van der Waals surface area contributed by atoms with E-state index in [1.807, 2.05) is 4.90 Å². The molecule has 23 heavy (non-hydrogen) atoms. The van der Waals surface area contributed by atoms with Crippen molar-refractivity contribution in [3.05, 3.63) is 42.0 Å². The third kappa shape index (κ3) is 5.58. The summed E-state index contributed by atoms with van der Waals surface area (Å²) in [6.07, 6.45) is 5.42. The van der Waals surface area contributed by atoms with E-state index >= 15 is 0 Å². The van der Waals surface area contributed by atoms with E-state index in [4.69, 9.17) is 5.11 Å². The lowest BCUT2D eigenvalue weighted by molar-refractivity contribution is -0.132. The van der Waals surface area contributed by atoms with Crippen LogP contribution in [0.15, 0.2) is 36.4 Å². The third-order valence-electron chi connectivity index (χ3n) is 3.66. The summed E-state index contributed by atoms with van der Waals surface area (Å²) in [7, 11) is 0. The highest BCUT2D eigenvalue weighted by molar-refractivity contribution is 6.02. The predicted octanol–water partition coefficient (Wildman–Crippen LogP) is 1.82. The molecule has 6 heteroatoms. The van der Waals surface area contributed by atoms with Crippen LogP contribution in [0, 0.1) is 0 Å². The summed E-state index contributed by atoms with van der Waals surface area (Å²) >= 11 is 0. The van der Waals surface area contributed by atoms with Gasteiger partial charge >= 0.3 is 5.97 Å². The number of hydrogen-bond donors (Lipinski definition) is 2. The molecular formula is C17H20N2O4. The molecule has 1 aromatic rings. The topological polar surface area (TPSA) is 86.7 Å². The van der Waals surface area contributed by atoms with Crippen molar-refractivity contribution < 1.29 is 19.5 Å². The van der Waals surface area contributed by atoms with Crippen molar-refractivity contribution in [1.82, 2.24) is 4.90 Å². The zero-order valence-corrected chi connectivity index (χ0v) is 12.8. The molecule has 0 radical (unpaired) electrons. The maximum Gasteiger partial charge on any atom is 0.328 e. The molecule has 1 aliphatic heterocycles. The first-order chi connectivity index (χ1) is 11.0. The fourth-order valence-electron chi connectivity index (χ4n) is 2.47. The van der Waals surface area contributed by atoms with Crippen molar-refractivity contribution >= 4 is 23.5 Å². The molecule has 0 bridgehead atoms. The molecule has 0 atom stereocenters. The molecule has 2 N–H and O–H groups in total. The van der Waals surface area contributed by atoms with Crippen molar-refractivity contribution in [2.75, 3.05) is 18.4 Å². The fourth-order valence-corrected chi connectivity index (χ4v) is 2.47. The van der Waals surface area contributed by atoms with Gasteiger partial charge in [0.05, 0.1) is 6.42 Å². The zero-order valence-electron chi connectivity index (χ0n) is 12.8. The maximum atomic E-state index is 12.2. The van der Waals surface area contributed by atoms with Gasteiger partial charge in [0.25, 0.3) is 0 Å². The number of likely N-dealkylation sites (tertiary alicyclic amines) is 1. The molecule has 0 aliphatic carbocycles. The Bertz CT molecular complexity index is 602. The largest absolute Gasteiger partial charge is 0.478 e. The number of nitrogens with one attached hydrogen (secondary N) is 1. The first-order valence-corrected chi connectivity index (χ1v) is 7.63. The fraction of sp³-hybridized carbons (Fsp3) is 0.353. The summed E-state index contributed by atoms with van der Waals surface area (Å²) in [5, 5.41) is 11.0. The Hall–Kier alpha value is -2.63. The van der Waals surface area contributed by atoms with E-state index < -0.39 is 11.9 Å². The minimum Gasteiger partial charge on any atom is -0.478 e. The number of anilines is 1. The lowest BCUT2D eigenvalue weighted by Crippen LogP contribution is -2.36. The van der Waals surface area contributed by atoms with E-state index in [9.17, 15) is 14.4 Å². The second kappa shape index (κ2) is 8.12. The highest BCUT2D eigenvalue weighted by Crippen LogP contribution is 2.14. The molecule has 2 rings (SSSR count). The predicted molar refractivity (Wildman–Crippen MR) is 86.0 cm³/mol. The molecule has 2 amide bonds. The zero-order chi connectivity index (χ0) is 16.7. The molecule has 1 saturated heterocycles. The number of carboxylic acid groups (broad SMARTS) is 1. The maximum absolute atomic E-state index is 12.2. The van der Waals surface area contributed by atoms with Crippen LogP contribution in [0.2, 0.25) is 0 Å². The number of carbonyl (C=O) groups is 3. The van der Waals surface area contributed by atoms with Gasteiger partial charge < -0.3 is 15.3 Å². The number of rotatable bonds is 5. The number of carbonyl (C=O) groups excluding carboxylic acids is 2. The lowest BCUT2D eigenvalue weighted by atomic mass is 10.1. The number of nitrogens with zero attached hydrogens (tertiary/aromatic N) is 1. The Labute approximate surface area is 134 Å². The van der Waals surface area contributed by atoms with Gasteiger partial charge in [0, 0.05) is 30.9 Å². The van der Waals surface area contributed by atoms with Gasteiger partial charge in [-0.1, -0.05) is 12.1 Å². The number of aliphatic carboxylic acids is 1. The van der Waals surface area contributed by atoms with Crippen LogP contribution in [0.5, 0.6) is 0 Å². The Morgan fingerprint density at radius 3 is 2.30 bits per heavy atom. The molecule has 1 fully saturated rings. The number of piperidine rings is 1. The molecule has 0 saturated carbocycles. The van der Waals surface area contributed by atoms with E-state index in [2.05, 4.69) is 5.32 Å². The molecule has 0 aromatic heterocycles. The molecule has 1 aliphatic rings. The van der Waals surface area contributed by atoms with Crippen molar-refractivity contribution in [2.45, 2.75) is 25.7 Å². The molecule has 0 spiro atoms. The standard InChI is InChI=1S/C17H20N2O4/c20-15(8-9-17(22)23)18-14-6-4-13(5-7-14)12-16(21)19-10-2-1-3-11-19/h4-9H,1-3,10-12H2,(H,18,20)(H,22,23)/b9-8-. The van der Waals surface area contributed by atoms with Crippen LogP contribution < -0.4 is 5.32 Å². The van der Waals surface area contributed by atoms with Crippen LogP contribution in [0.1, 0.15) is 24.8 Å². The average molecular weight is 316 g/mol. The molecule has 122 valence electrons. The first-order valence-electron chi connectivity index (χ1n) is 7.63. The summed E-state index contributed by atoms with van der Waals surface area (Å²) in [4.78, 5) is 35.9.